The van der Waals surface area contributed by atoms with Gasteiger partial charge in [0.25, 0.3) is 5.91 Å². The lowest BCUT2D eigenvalue weighted by molar-refractivity contribution is -0.385. The normalized spacial score (nSPS) is 9.89. The van der Waals surface area contributed by atoms with E-state index in [2.05, 4.69) is 14.9 Å². The molecule has 0 atom stereocenters. The van der Waals surface area contributed by atoms with Crippen LogP contribution in [0.5, 0.6) is 5.75 Å². The molecule has 0 saturated heterocycles. The van der Waals surface area contributed by atoms with Gasteiger partial charge in [-0.25, -0.2) is 0 Å². The third-order valence-corrected chi connectivity index (χ3v) is 2.62. The fraction of sp³-hybridized carbons (Fsp3) is 0.100. The van der Waals surface area contributed by atoms with Gasteiger partial charge in [-0.2, -0.15) is 0 Å². The smallest absolute Gasteiger partial charge is 0.310 e. The number of nitrogens with one attached hydrogen (secondary N) is 1. The molecule has 1 heterocycles. The standard InChI is InChI=1S/C10H8N4O4S/c15-9(12-10-5-11-13-19-10)6-18-8-4-2-1-3-7(8)14(16)17/h1-5H,6H2,(H,12,15). The van der Waals surface area contributed by atoms with E-state index >= 15 is 0 Å². The van der Waals surface area contributed by atoms with Crippen molar-refractivity contribution in [1.29, 1.82) is 0 Å². The molecule has 2 aromatic rings. The molecule has 1 aromatic carbocycles. The SMILES string of the molecule is O=C(COc1ccccc1[N+](=O)[O-])Nc1cnns1. The molecule has 1 amide bonds. The van der Waals surface area contributed by atoms with Crippen LogP contribution in [0, 0.1) is 10.1 Å². The first-order valence-corrected chi connectivity index (χ1v) is 5.87. The van der Waals surface area contributed by atoms with E-state index in [0.717, 1.165) is 11.5 Å². The summed E-state index contributed by atoms with van der Waals surface area (Å²) in [6, 6.07) is 5.85. The van der Waals surface area contributed by atoms with E-state index in [-0.39, 0.29) is 18.0 Å². The van der Waals surface area contributed by atoms with Gasteiger partial charge in [0.1, 0.15) is 5.00 Å². The number of nitrogens with zero attached hydrogens (tertiary/aromatic N) is 3. The van der Waals surface area contributed by atoms with Crippen LogP contribution in [0.2, 0.25) is 0 Å². The summed E-state index contributed by atoms with van der Waals surface area (Å²) in [4.78, 5) is 21.7. The first kappa shape index (κ1) is 12.9. The van der Waals surface area contributed by atoms with Crippen LogP contribution in [0.15, 0.2) is 30.5 Å². The van der Waals surface area contributed by atoms with E-state index in [4.69, 9.17) is 4.74 Å². The summed E-state index contributed by atoms with van der Waals surface area (Å²) in [5.41, 5.74) is -0.185. The van der Waals surface area contributed by atoms with Crippen molar-refractivity contribution >= 4 is 28.1 Å². The van der Waals surface area contributed by atoms with Gasteiger partial charge < -0.3 is 10.1 Å². The second-order valence-corrected chi connectivity index (χ2v) is 4.13. The molecule has 0 unspecified atom stereocenters. The van der Waals surface area contributed by atoms with Gasteiger partial charge in [-0.15, -0.1) is 5.10 Å². The van der Waals surface area contributed by atoms with Crippen LogP contribution in [0.4, 0.5) is 10.7 Å². The molecule has 8 nitrogen and oxygen atoms in total. The number of aromatic nitrogens is 2. The van der Waals surface area contributed by atoms with Gasteiger partial charge in [-0.3, -0.25) is 14.9 Å². The molecule has 9 heteroatoms. The molecular formula is C10H8N4O4S. The highest BCUT2D eigenvalue weighted by Crippen LogP contribution is 2.25. The summed E-state index contributed by atoms with van der Waals surface area (Å²) in [7, 11) is 0. The first-order chi connectivity index (χ1) is 9.16. The molecule has 0 aliphatic rings. The second kappa shape index (κ2) is 5.87. The number of para-hydroxylation sites is 2. The Morgan fingerprint density at radius 2 is 2.26 bits per heavy atom. The number of hydrogen-bond acceptors (Lipinski definition) is 7. The van der Waals surface area contributed by atoms with Crippen LogP contribution in [0.25, 0.3) is 0 Å². The Labute approximate surface area is 111 Å². The summed E-state index contributed by atoms with van der Waals surface area (Å²) in [5.74, 6) is -0.394. The zero-order valence-electron chi connectivity index (χ0n) is 9.48. The van der Waals surface area contributed by atoms with Gasteiger partial charge in [0.15, 0.2) is 12.4 Å². The van der Waals surface area contributed by atoms with Crippen LogP contribution in [-0.2, 0) is 4.79 Å². The van der Waals surface area contributed by atoms with E-state index in [1.807, 2.05) is 0 Å². The average molecular weight is 280 g/mol. The minimum Gasteiger partial charge on any atom is -0.477 e. The van der Waals surface area contributed by atoms with Gasteiger partial charge in [-0.1, -0.05) is 16.6 Å². The maximum absolute atomic E-state index is 11.5. The quantitative estimate of drug-likeness (QED) is 0.656. The number of amides is 1. The number of benzene rings is 1. The largest absolute Gasteiger partial charge is 0.477 e. The first-order valence-electron chi connectivity index (χ1n) is 5.10. The summed E-state index contributed by atoms with van der Waals surface area (Å²) < 4.78 is 8.70. The van der Waals surface area contributed by atoms with Crippen molar-refractivity contribution in [3.05, 3.63) is 40.6 Å². The number of anilines is 1. The number of carbonyl (C=O) groups excluding carboxylic acids is 1. The predicted octanol–water partition coefficient (Wildman–Crippen LogP) is 1.46. The molecule has 1 aromatic heterocycles. The average Bonchev–Trinajstić information content (AvgIpc) is 2.89. The van der Waals surface area contributed by atoms with Crippen molar-refractivity contribution in [3.63, 3.8) is 0 Å². The Balaban J connectivity index is 1.95. The number of rotatable bonds is 5. The monoisotopic (exact) mass is 280 g/mol. The van der Waals surface area contributed by atoms with Gasteiger partial charge in [0.05, 0.1) is 11.1 Å². The van der Waals surface area contributed by atoms with Crippen LogP contribution < -0.4 is 10.1 Å². The molecule has 2 rings (SSSR count). The highest BCUT2D eigenvalue weighted by molar-refractivity contribution is 7.10. The molecule has 0 aliphatic carbocycles. The minimum atomic E-state index is -0.569. The van der Waals surface area contributed by atoms with E-state index in [1.165, 1.54) is 24.4 Å². The molecule has 0 saturated carbocycles. The summed E-state index contributed by atoms with van der Waals surface area (Å²) in [6.45, 7) is -0.331. The lowest BCUT2D eigenvalue weighted by atomic mass is 10.3. The predicted molar refractivity (Wildman–Crippen MR) is 67.1 cm³/mol. The second-order valence-electron chi connectivity index (χ2n) is 3.34. The van der Waals surface area contributed by atoms with Crippen molar-refractivity contribution in [2.24, 2.45) is 0 Å². The van der Waals surface area contributed by atoms with Crippen LogP contribution >= 0.6 is 11.5 Å². The summed E-state index contributed by atoms with van der Waals surface area (Å²) in [6.07, 6.45) is 1.40. The van der Waals surface area contributed by atoms with Crippen molar-refractivity contribution in [2.75, 3.05) is 11.9 Å². The molecule has 0 fully saturated rings. The number of carbonyl (C=O) groups is 1. The summed E-state index contributed by atoms with van der Waals surface area (Å²) in [5, 5.41) is 17.3. The van der Waals surface area contributed by atoms with E-state index in [1.54, 1.807) is 6.07 Å². The third kappa shape index (κ3) is 3.45. The van der Waals surface area contributed by atoms with Crippen molar-refractivity contribution < 1.29 is 14.5 Å². The molecule has 0 spiro atoms. The van der Waals surface area contributed by atoms with Gasteiger partial charge in [-0.05, 0) is 6.07 Å². The Morgan fingerprint density at radius 1 is 1.47 bits per heavy atom. The maximum atomic E-state index is 11.5. The van der Waals surface area contributed by atoms with E-state index in [0.29, 0.717) is 5.00 Å². The molecule has 0 bridgehead atoms. The molecular weight excluding hydrogens is 272 g/mol. The van der Waals surface area contributed by atoms with Crippen molar-refractivity contribution in [3.8, 4) is 5.75 Å². The molecule has 0 radical (unpaired) electrons. The summed E-state index contributed by atoms with van der Waals surface area (Å²) >= 11 is 1.02. The van der Waals surface area contributed by atoms with E-state index in [9.17, 15) is 14.9 Å². The Bertz CT molecular complexity index is 587. The maximum Gasteiger partial charge on any atom is 0.310 e. The number of ether oxygens (including phenoxy) is 1. The Morgan fingerprint density at radius 3 is 2.95 bits per heavy atom. The fourth-order valence-corrected chi connectivity index (χ4v) is 1.71. The highest BCUT2D eigenvalue weighted by Gasteiger charge is 2.15. The van der Waals surface area contributed by atoms with Gasteiger partial charge >= 0.3 is 5.69 Å². The zero-order valence-corrected chi connectivity index (χ0v) is 10.3. The topological polar surface area (TPSA) is 107 Å². The molecule has 0 aliphatic heterocycles. The number of nitro benzene ring substituents is 1. The third-order valence-electron chi connectivity index (χ3n) is 2.04. The van der Waals surface area contributed by atoms with Gasteiger partial charge in [0, 0.05) is 17.6 Å². The number of hydrogen-bond donors (Lipinski definition) is 1. The lowest BCUT2D eigenvalue weighted by Crippen LogP contribution is -2.19. The van der Waals surface area contributed by atoms with Crippen LogP contribution in [-0.4, -0.2) is 27.0 Å². The van der Waals surface area contributed by atoms with Crippen LogP contribution in [0.1, 0.15) is 0 Å². The highest BCUT2D eigenvalue weighted by atomic mass is 32.1. The Kier molecular flexibility index (Phi) is 3.98. The molecule has 98 valence electrons. The number of nitro groups is 1. The van der Waals surface area contributed by atoms with E-state index < -0.39 is 10.8 Å². The van der Waals surface area contributed by atoms with Crippen LogP contribution in [0.3, 0.4) is 0 Å². The zero-order chi connectivity index (χ0) is 13.7. The Hall–Kier alpha value is -2.55. The molecule has 19 heavy (non-hydrogen) atoms. The fourth-order valence-electron chi connectivity index (χ4n) is 1.27. The van der Waals surface area contributed by atoms with Gasteiger partial charge in [0.2, 0.25) is 0 Å². The minimum absolute atomic E-state index is 0.0464. The van der Waals surface area contributed by atoms with Crippen molar-refractivity contribution in [1.82, 2.24) is 9.59 Å². The van der Waals surface area contributed by atoms with Crippen molar-refractivity contribution in [2.45, 2.75) is 0 Å². The lowest BCUT2D eigenvalue weighted by Gasteiger charge is -2.05. The molecule has 1 N–H and O–H groups in total.